The van der Waals surface area contributed by atoms with Gasteiger partial charge in [0, 0.05) is 22.2 Å². The summed E-state index contributed by atoms with van der Waals surface area (Å²) >= 11 is 11.7. The number of carbonyl (C=O) groups excluding carboxylic acids is 1. The van der Waals surface area contributed by atoms with Gasteiger partial charge in [0.2, 0.25) is 0 Å². The van der Waals surface area contributed by atoms with Gasteiger partial charge in [-0.1, -0.05) is 83.9 Å². The fourth-order valence-electron chi connectivity index (χ4n) is 3.14. The molecule has 180 valence electrons. The molecule has 0 spiro atoms. The molecule has 4 aromatic rings. The molecule has 4 aromatic carbocycles. The second-order valence-electron chi connectivity index (χ2n) is 7.51. The van der Waals surface area contributed by atoms with Crippen LogP contribution in [0.4, 0.5) is 0 Å². The van der Waals surface area contributed by atoms with E-state index in [-0.39, 0.29) is 0 Å². The van der Waals surface area contributed by atoms with E-state index in [2.05, 4.69) is 0 Å². The summed E-state index contributed by atoms with van der Waals surface area (Å²) in [7, 11) is 0. The highest BCUT2D eigenvalue weighted by Crippen LogP contribution is 2.24. The van der Waals surface area contributed by atoms with Gasteiger partial charge in [-0.25, -0.2) is 0 Å². The largest absolute Gasteiger partial charge is 0.489 e. The molecule has 0 radical (unpaired) electrons. The Hall–Kier alpha value is -3.51. The number of rotatable bonds is 8. The Labute approximate surface area is 215 Å². The van der Waals surface area contributed by atoms with Gasteiger partial charge in [0.25, 0.3) is 5.91 Å². The van der Waals surface area contributed by atoms with Crippen LogP contribution >= 0.6 is 23.2 Å². The number of primary amides is 1. The first-order chi connectivity index (χ1) is 17.0. The number of benzene rings is 4. The number of nitrogens with two attached hydrogens (primary N) is 2. The lowest BCUT2D eigenvalue weighted by atomic mass is 10.2. The van der Waals surface area contributed by atoms with E-state index >= 15 is 0 Å². The van der Waals surface area contributed by atoms with E-state index in [4.69, 9.17) is 44.1 Å². The Balaban J connectivity index is 0.000000196. The molecule has 0 saturated heterocycles. The fourth-order valence-corrected chi connectivity index (χ4v) is 3.51. The molecule has 0 unspecified atom stereocenters. The maximum absolute atomic E-state index is 11.3. The monoisotopic (exact) mass is 508 g/mol. The molecule has 0 heterocycles. The molecular weight excluding hydrogens is 483 g/mol. The minimum absolute atomic E-state index is 0.290. The molecule has 4 rings (SSSR count). The van der Waals surface area contributed by atoms with Crippen LogP contribution in [0.5, 0.6) is 11.5 Å². The third-order valence-corrected chi connectivity index (χ3v) is 5.39. The SMILES string of the molecule is NC(=O)c1cc(Cl)ccc1OCc1ccccc1.NCc1cc(Cl)ccc1OCc1ccccc1. The van der Waals surface area contributed by atoms with Crippen LogP contribution in [0.3, 0.4) is 0 Å². The maximum Gasteiger partial charge on any atom is 0.252 e. The molecular formula is C28H26Cl2N2O3. The first-order valence-electron chi connectivity index (χ1n) is 10.9. The van der Waals surface area contributed by atoms with Crippen LogP contribution in [0.2, 0.25) is 10.0 Å². The van der Waals surface area contributed by atoms with E-state index in [1.807, 2.05) is 72.8 Å². The van der Waals surface area contributed by atoms with Crippen molar-refractivity contribution in [2.75, 3.05) is 0 Å². The molecule has 0 aliphatic carbocycles. The molecule has 0 saturated carbocycles. The molecule has 0 atom stereocenters. The summed E-state index contributed by atoms with van der Waals surface area (Å²) in [6, 6.07) is 30.0. The second-order valence-corrected chi connectivity index (χ2v) is 8.38. The predicted octanol–water partition coefficient (Wildman–Crippen LogP) is 6.40. The molecule has 35 heavy (non-hydrogen) atoms. The van der Waals surface area contributed by atoms with Gasteiger partial charge in [0.05, 0.1) is 5.56 Å². The topological polar surface area (TPSA) is 87.6 Å². The van der Waals surface area contributed by atoms with Crippen molar-refractivity contribution in [3.63, 3.8) is 0 Å². The van der Waals surface area contributed by atoms with Gasteiger partial charge >= 0.3 is 0 Å². The quantitative estimate of drug-likeness (QED) is 0.288. The molecule has 4 N–H and O–H groups in total. The highest BCUT2D eigenvalue weighted by molar-refractivity contribution is 6.31. The van der Waals surface area contributed by atoms with Gasteiger partial charge < -0.3 is 20.9 Å². The molecule has 0 fully saturated rings. The standard InChI is InChI=1S/C14H12ClNO2.C14H14ClNO/c15-11-6-7-13(12(8-11)14(16)17)18-9-10-4-2-1-3-5-10;15-13-6-7-14(12(8-13)9-16)17-10-11-4-2-1-3-5-11/h1-8H,9H2,(H2,16,17);1-8H,9-10,16H2. The van der Waals surface area contributed by atoms with Crippen LogP contribution in [0.1, 0.15) is 27.0 Å². The van der Waals surface area contributed by atoms with E-state index in [0.29, 0.717) is 41.1 Å². The Bertz CT molecular complexity index is 1240. The molecule has 7 heteroatoms. The smallest absolute Gasteiger partial charge is 0.252 e. The van der Waals surface area contributed by atoms with Crippen LogP contribution in [0.25, 0.3) is 0 Å². The van der Waals surface area contributed by atoms with Crippen molar-refractivity contribution < 1.29 is 14.3 Å². The lowest BCUT2D eigenvalue weighted by Crippen LogP contribution is -2.13. The lowest BCUT2D eigenvalue weighted by molar-refractivity contribution is 0.0996. The minimum atomic E-state index is -0.555. The normalized spacial score (nSPS) is 10.1. The zero-order valence-electron chi connectivity index (χ0n) is 19.0. The summed E-state index contributed by atoms with van der Waals surface area (Å²) in [6.45, 7) is 1.34. The predicted molar refractivity (Wildman–Crippen MR) is 141 cm³/mol. The highest BCUT2D eigenvalue weighted by Gasteiger charge is 2.10. The van der Waals surface area contributed by atoms with Gasteiger partial charge in [-0.05, 0) is 47.5 Å². The molecule has 0 aliphatic heterocycles. The van der Waals surface area contributed by atoms with E-state index in [1.54, 1.807) is 18.2 Å². The average molecular weight is 509 g/mol. The summed E-state index contributed by atoms with van der Waals surface area (Å²) in [5.41, 5.74) is 14.3. The van der Waals surface area contributed by atoms with Crippen molar-refractivity contribution in [2.45, 2.75) is 19.8 Å². The summed E-state index contributed by atoms with van der Waals surface area (Å²) in [6.07, 6.45) is 0. The first kappa shape index (κ1) is 26.1. The number of halogens is 2. The third-order valence-electron chi connectivity index (χ3n) is 4.92. The summed E-state index contributed by atoms with van der Waals surface area (Å²) in [5.74, 6) is 0.678. The summed E-state index contributed by atoms with van der Waals surface area (Å²) in [5, 5.41) is 1.13. The maximum atomic E-state index is 11.3. The minimum Gasteiger partial charge on any atom is -0.489 e. The third kappa shape index (κ3) is 8.34. The summed E-state index contributed by atoms with van der Waals surface area (Å²) in [4.78, 5) is 11.3. The van der Waals surface area contributed by atoms with Crippen LogP contribution in [0, 0.1) is 0 Å². The Morgan fingerprint density at radius 2 is 1.17 bits per heavy atom. The van der Waals surface area contributed by atoms with Gasteiger partial charge in [-0.15, -0.1) is 0 Å². The lowest BCUT2D eigenvalue weighted by Gasteiger charge is -2.10. The number of carbonyl (C=O) groups is 1. The Morgan fingerprint density at radius 3 is 1.69 bits per heavy atom. The first-order valence-corrected chi connectivity index (χ1v) is 11.6. The highest BCUT2D eigenvalue weighted by atomic mass is 35.5. The van der Waals surface area contributed by atoms with Crippen LogP contribution < -0.4 is 20.9 Å². The zero-order valence-corrected chi connectivity index (χ0v) is 20.5. The van der Waals surface area contributed by atoms with Gasteiger partial charge in [0.15, 0.2) is 0 Å². The van der Waals surface area contributed by atoms with Crippen LogP contribution in [-0.4, -0.2) is 5.91 Å². The van der Waals surface area contributed by atoms with E-state index in [9.17, 15) is 4.79 Å². The molecule has 0 bridgehead atoms. The van der Waals surface area contributed by atoms with Gasteiger partial charge in [0.1, 0.15) is 24.7 Å². The molecule has 0 aromatic heterocycles. The van der Waals surface area contributed by atoms with Crippen molar-refractivity contribution in [3.05, 3.63) is 129 Å². The van der Waals surface area contributed by atoms with Crippen molar-refractivity contribution in [3.8, 4) is 11.5 Å². The van der Waals surface area contributed by atoms with E-state index in [0.717, 1.165) is 22.4 Å². The van der Waals surface area contributed by atoms with Crippen molar-refractivity contribution in [1.29, 1.82) is 0 Å². The van der Waals surface area contributed by atoms with E-state index < -0.39 is 5.91 Å². The van der Waals surface area contributed by atoms with Crippen molar-refractivity contribution in [2.24, 2.45) is 11.5 Å². The van der Waals surface area contributed by atoms with Crippen LogP contribution in [0.15, 0.2) is 97.1 Å². The number of ether oxygens (including phenoxy) is 2. The van der Waals surface area contributed by atoms with Crippen LogP contribution in [-0.2, 0) is 19.8 Å². The zero-order chi connectivity index (χ0) is 25.0. The average Bonchev–Trinajstić information content (AvgIpc) is 2.88. The van der Waals surface area contributed by atoms with Gasteiger partial charge in [-0.3, -0.25) is 4.79 Å². The Kier molecular flexibility index (Phi) is 9.99. The second kappa shape index (κ2) is 13.4. The fraction of sp³-hybridized carbons (Fsp3) is 0.107. The number of amides is 1. The number of hydrogen-bond acceptors (Lipinski definition) is 4. The van der Waals surface area contributed by atoms with Crippen molar-refractivity contribution >= 4 is 29.1 Å². The Morgan fingerprint density at radius 1 is 0.686 bits per heavy atom. The number of hydrogen-bond donors (Lipinski definition) is 2. The summed E-state index contributed by atoms with van der Waals surface area (Å²) < 4.78 is 11.3. The molecule has 1 amide bonds. The molecule has 0 aliphatic rings. The molecule has 5 nitrogen and oxygen atoms in total. The van der Waals surface area contributed by atoms with E-state index in [1.165, 1.54) is 6.07 Å². The van der Waals surface area contributed by atoms with Crippen molar-refractivity contribution in [1.82, 2.24) is 0 Å². The van der Waals surface area contributed by atoms with Gasteiger partial charge in [-0.2, -0.15) is 0 Å².